The van der Waals surface area contributed by atoms with E-state index in [1.54, 1.807) is 12.0 Å². The van der Waals surface area contributed by atoms with Gasteiger partial charge in [-0.15, -0.1) is 0 Å². The molecule has 168 valence electrons. The summed E-state index contributed by atoms with van der Waals surface area (Å²) in [6.07, 6.45) is 1.89. The molecule has 0 spiro atoms. The van der Waals surface area contributed by atoms with E-state index in [2.05, 4.69) is 10.3 Å². The van der Waals surface area contributed by atoms with E-state index in [9.17, 15) is 9.59 Å². The van der Waals surface area contributed by atoms with Crippen molar-refractivity contribution in [2.75, 3.05) is 25.5 Å². The number of imidazole rings is 1. The van der Waals surface area contributed by atoms with Crippen molar-refractivity contribution in [3.05, 3.63) is 60.3 Å². The van der Waals surface area contributed by atoms with Gasteiger partial charge >= 0.3 is 0 Å². The quantitative estimate of drug-likeness (QED) is 0.574. The Labute approximate surface area is 189 Å². The van der Waals surface area contributed by atoms with Crippen LogP contribution in [0.25, 0.3) is 16.9 Å². The third-order valence-electron chi connectivity index (χ3n) is 5.18. The van der Waals surface area contributed by atoms with Crippen molar-refractivity contribution in [1.29, 1.82) is 0 Å². The molecule has 3 aromatic rings. The minimum Gasteiger partial charge on any atom is -0.497 e. The van der Waals surface area contributed by atoms with Gasteiger partial charge in [0.25, 0.3) is 0 Å². The number of rotatable bonds is 8. The van der Waals surface area contributed by atoms with Crippen LogP contribution < -0.4 is 10.1 Å². The van der Waals surface area contributed by atoms with Gasteiger partial charge in [-0.05, 0) is 50.2 Å². The molecule has 7 nitrogen and oxygen atoms in total. The molecule has 0 radical (unpaired) electrons. The first-order chi connectivity index (χ1) is 15.3. The molecule has 3 rings (SSSR count). The number of nitrogens with zero attached hydrogens (tertiary/aromatic N) is 3. The van der Waals surface area contributed by atoms with Gasteiger partial charge in [0.2, 0.25) is 17.8 Å². The van der Waals surface area contributed by atoms with E-state index >= 15 is 0 Å². The summed E-state index contributed by atoms with van der Waals surface area (Å²) in [5.74, 6) is 0.649. The van der Waals surface area contributed by atoms with Gasteiger partial charge in [0, 0.05) is 29.9 Å². The summed E-state index contributed by atoms with van der Waals surface area (Å²) >= 11 is 0. The number of aryl methyl sites for hydroxylation is 1. The Bertz CT molecular complexity index is 1070. The third kappa shape index (κ3) is 5.35. The van der Waals surface area contributed by atoms with Crippen LogP contribution in [0.4, 0.5) is 5.95 Å². The number of hydrogen-bond donors (Lipinski definition) is 1. The topological polar surface area (TPSA) is 76.5 Å². The second-order valence-electron chi connectivity index (χ2n) is 7.94. The highest BCUT2D eigenvalue weighted by Gasteiger charge is 2.20. The summed E-state index contributed by atoms with van der Waals surface area (Å²) in [5, 5.41) is 2.89. The molecule has 0 bridgehead atoms. The number of carbonyl (C=O) groups is 2. The van der Waals surface area contributed by atoms with Gasteiger partial charge in [0.1, 0.15) is 5.75 Å². The van der Waals surface area contributed by atoms with Crippen LogP contribution in [-0.2, 0) is 9.59 Å². The minimum atomic E-state index is -0.291. The summed E-state index contributed by atoms with van der Waals surface area (Å²) in [6, 6.07) is 15.6. The Kier molecular flexibility index (Phi) is 7.30. The lowest BCUT2D eigenvalue weighted by atomic mass is 10.1. The number of amides is 2. The first-order valence-electron chi connectivity index (χ1n) is 10.7. The first-order valence-corrected chi connectivity index (χ1v) is 10.7. The van der Waals surface area contributed by atoms with Crippen molar-refractivity contribution in [1.82, 2.24) is 14.5 Å². The fourth-order valence-corrected chi connectivity index (χ4v) is 3.32. The highest BCUT2D eigenvalue weighted by atomic mass is 16.5. The SMILES string of the molecule is CCN(CC(=O)Nc1nc(-c2ccc(OC)cc2)cn1-c1ccc(C)cc1)C(=O)C(C)C. The summed E-state index contributed by atoms with van der Waals surface area (Å²) in [6.45, 7) is 7.99. The molecular formula is C25H30N4O3. The molecule has 0 saturated heterocycles. The van der Waals surface area contributed by atoms with Crippen LogP contribution in [0.1, 0.15) is 26.3 Å². The van der Waals surface area contributed by atoms with E-state index in [1.807, 2.05) is 87.0 Å². The zero-order chi connectivity index (χ0) is 23.3. The number of methoxy groups -OCH3 is 1. The maximum atomic E-state index is 12.8. The average Bonchev–Trinajstić information content (AvgIpc) is 3.21. The maximum Gasteiger partial charge on any atom is 0.246 e. The molecule has 0 saturated carbocycles. The van der Waals surface area contributed by atoms with E-state index in [4.69, 9.17) is 4.74 Å². The largest absolute Gasteiger partial charge is 0.497 e. The second-order valence-corrected chi connectivity index (χ2v) is 7.94. The molecule has 7 heteroatoms. The molecule has 0 unspecified atom stereocenters. The summed E-state index contributed by atoms with van der Waals surface area (Å²) in [4.78, 5) is 31.4. The van der Waals surface area contributed by atoms with Crippen molar-refractivity contribution >= 4 is 17.8 Å². The Morgan fingerprint density at radius 3 is 2.31 bits per heavy atom. The molecule has 32 heavy (non-hydrogen) atoms. The van der Waals surface area contributed by atoms with Gasteiger partial charge in [-0.1, -0.05) is 31.5 Å². The predicted octanol–water partition coefficient (Wildman–Crippen LogP) is 4.30. The summed E-state index contributed by atoms with van der Waals surface area (Å²) in [7, 11) is 1.62. The molecule has 2 amide bonds. The zero-order valence-electron chi connectivity index (χ0n) is 19.3. The molecule has 1 N–H and O–H groups in total. The van der Waals surface area contributed by atoms with Crippen LogP contribution in [0.2, 0.25) is 0 Å². The molecule has 1 heterocycles. The van der Waals surface area contributed by atoms with Gasteiger partial charge in [0.05, 0.1) is 19.3 Å². The Morgan fingerprint density at radius 2 is 1.75 bits per heavy atom. The van der Waals surface area contributed by atoms with Gasteiger partial charge in [-0.3, -0.25) is 19.5 Å². The molecule has 0 aliphatic heterocycles. The summed E-state index contributed by atoms with van der Waals surface area (Å²) in [5.41, 5.74) is 3.64. The number of aromatic nitrogens is 2. The lowest BCUT2D eigenvalue weighted by molar-refractivity contribution is -0.137. The normalized spacial score (nSPS) is 10.8. The number of benzene rings is 2. The lowest BCUT2D eigenvalue weighted by Gasteiger charge is -2.22. The van der Waals surface area contributed by atoms with Crippen molar-refractivity contribution in [2.24, 2.45) is 5.92 Å². The highest BCUT2D eigenvalue weighted by Crippen LogP contribution is 2.26. The standard InChI is InChI=1S/C25H30N4O3/c1-6-28(24(31)17(2)3)16-23(30)27-25-26-22(19-9-13-21(32-5)14-10-19)15-29(25)20-11-7-18(4)8-12-20/h7-15,17H,6,16H2,1-5H3,(H,26,27,30). The number of likely N-dealkylation sites (N-methyl/N-ethyl adjacent to an activating group) is 1. The fraction of sp³-hybridized carbons (Fsp3) is 0.320. The molecule has 0 fully saturated rings. The Balaban J connectivity index is 1.92. The molecule has 2 aromatic carbocycles. The van der Waals surface area contributed by atoms with Crippen LogP contribution in [0.5, 0.6) is 5.75 Å². The molecule has 0 atom stereocenters. The smallest absolute Gasteiger partial charge is 0.246 e. The van der Waals surface area contributed by atoms with Crippen molar-refractivity contribution in [3.63, 3.8) is 0 Å². The lowest BCUT2D eigenvalue weighted by Crippen LogP contribution is -2.40. The fourth-order valence-electron chi connectivity index (χ4n) is 3.32. The van der Waals surface area contributed by atoms with Crippen LogP contribution in [0, 0.1) is 12.8 Å². The number of carbonyl (C=O) groups excluding carboxylic acids is 2. The van der Waals surface area contributed by atoms with E-state index in [1.165, 1.54) is 0 Å². The van der Waals surface area contributed by atoms with E-state index < -0.39 is 0 Å². The van der Waals surface area contributed by atoms with E-state index in [-0.39, 0.29) is 24.3 Å². The first kappa shape index (κ1) is 23.1. The highest BCUT2D eigenvalue weighted by molar-refractivity contribution is 5.94. The van der Waals surface area contributed by atoms with Crippen molar-refractivity contribution < 1.29 is 14.3 Å². The van der Waals surface area contributed by atoms with Gasteiger partial charge in [-0.2, -0.15) is 0 Å². The number of nitrogens with one attached hydrogen (secondary N) is 1. The average molecular weight is 435 g/mol. The minimum absolute atomic E-state index is 0.0217. The third-order valence-corrected chi connectivity index (χ3v) is 5.18. The van der Waals surface area contributed by atoms with Crippen molar-refractivity contribution in [3.8, 4) is 22.7 Å². The number of ether oxygens (including phenoxy) is 1. The molecule has 0 aliphatic carbocycles. The monoisotopic (exact) mass is 434 g/mol. The summed E-state index contributed by atoms with van der Waals surface area (Å²) < 4.78 is 7.08. The zero-order valence-corrected chi connectivity index (χ0v) is 19.3. The van der Waals surface area contributed by atoms with Crippen LogP contribution in [0.15, 0.2) is 54.7 Å². The Hall–Kier alpha value is -3.61. The molecule has 1 aromatic heterocycles. The number of anilines is 1. The maximum absolute atomic E-state index is 12.8. The van der Waals surface area contributed by atoms with Gasteiger partial charge in [0.15, 0.2) is 0 Å². The van der Waals surface area contributed by atoms with E-state index in [0.29, 0.717) is 18.2 Å². The van der Waals surface area contributed by atoms with Crippen LogP contribution in [-0.4, -0.2) is 46.5 Å². The van der Waals surface area contributed by atoms with E-state index in [0.717, 1.165) is 22.6 Å². The molecular weight excluding hydrogens is 404 g/mol. The van der Waals surface area contributed by atoms with Crippen molar-refractivity contribution in [2.45, 2.75) is 27.7 Å². The van der Waals surface area contributed by atoms with Crippen LogP contribution >= 0.6 is 0 Å². The van der Waals surface area contributed by atoms with Crippen LogP contribution in [0.3, 0.4) is 0 Å². The number of hydrogen-bond acceptors (Lipinski definition) is 4. The predicted molar refractivity (Wildman–Crippen MR) is 126 cm³/mol. The Morgan fingerprint density at radius 1 is 1.09 bits per heavy atom. The van der Waals surface area contributed by atoms with Gasteiger partial charge < -0.3 is 9.64 Å². The second kappa shape index (κ2) is 10.1. The van der Waals surface area contributed by atoms with Gasteiger partial charge in [-0.25, -0.2) is 4.98 Å². The molecule has 0 aliphatic rings.